The van der Waals surface area contributed by atoms with Crippen molar-refractivity contribution in [3.8, 4) is 29.2 Å². The first kappa shape index (κ1) is 26.7. The first-order valence-corrected chi connectivity index (χ1v) is 12.5. The zero-order valence-corrected chi connectivity index (χ0v) is 22.2. The van der Waals surface area contributed by atoms with Crippen LogP contribution in [0.1, 0.15) is 35.3 Å². The number of ether oxygens (including phenoxy) is 3. The number of hydrogen-bond acceptors (Lipinski definition) is 8. The van der Waals surface area contributed by atoms with Gasteiger partial charge in [-0.3, -0.25) is 14.6 Å². The molecule has 1 amide bonds. The number of aliphatic hydroxyl groups excluding tert-OH is 1. The van der Waals surface area contributed by atoms with E-state index in [1.807, 2.05) is 51.2 Å². The van der Waals surface area contributed by atoms with Crippen LogP contribution in [0.25, 0.3) is 0 Å². The zero-order chi connectivity index (χ0) is 26.5. The van der Waals surface area contributed by atoms with Gasteiger partial charge < -0.3 is 24.2 Å². The summed E-state index contributed by atoms with van der Waals surface area (Å²) < 4.78 is 17.3. The van der Waals surface area contributed by atoms with Gasteiger partial charge in [-0.1, -0.05) is 24.8 Å². The van der Waals surface area contributed by atoms with Crippen LogP contribution in [0.3, 0.4) is 0 Å². The molecule has 2 aliphatic heterocycles. The molecule has 9 heteroatoms. The minimum atomic E-state index is -0.337. The molecular weight excluding hydrogens is 472 g/mol. The van der Waals surface area contributed by atoms with Crippen LogP contribution in [0.5, 0.6) is 17.4 Å². The Bertz CT molecular complexity index is 1170. The number of pyridine rings is 1. The molecule has 4 rings (SSSR count). The van der Waals surface area contributed by atoms with Gasteiger partial charge in [0.1, 0.15) is 11.7 Å². The van der Waals surface area contributed by atoms with E-state index >= 15 is 0 Å². The van der Waals surface area contributed by atoms with Crippen molar-refractivity contribution in [2.45, 2.75) is 32.5 Å². The van der Waals surface area contributed by atoms with E-state index in [9.17, 15) is 9.90 Å². The average Bonchev–Trinajstić information content (AvgIpc) is 3.33. The summed E-state index contributed by atoms with van der Waals surface area (Å²) in [6, 6.07) is 7.37. The molecule has 0 radical (unpaired) electrons. The summed E-state index contributed by atoms with van der Waals surface area (Å²) in [5.41, 5.74) is 2.13. The summed E-state index contributed by atoms with van der Waals surface area (Å²) >= 11 is 0. The van der Waals surface area contributed by atoms with Gasteiger partial charge in [-0.25, -0.2) is 4.98 Å². The molecule has 0 aliphatic carbocycles. The van der Waals surface area contributed by atoms with Crippen LogP contribution in [0.4, 0.5) is 0 Å². The Labute approximate surface area is 218 Å². The maximum Gasteiger partial charge on any atom is 0.259 e. The number of nitrogens with zero attached hydrogens (tertiary/aromatic N) is 4. The Morgan fingerprint density at radius 3 is 2.76 bits per heavy atom. The lowest BCUT2D eigenvalue weighted by molar-refractivity contribution is 0.0325. The standard InChI is InChI=1S/C28H36N4O5/c1-19-14-32(20(2)17-33)28(34)23-11-21(7-6-10-30(3)4)13-29-27(23)37-26(19)16-31(5)15-22-8-9-24-25(12-22)36-18-35-24/h8-9,11-13,19-20,26,33H,10,14-18H2,1-5H3/t19-,20-,26-/m0/s1. The number of aromatic nitrogens is 1. The molecule has 2 aliphatic rings. The third kappa shape index (κ3) is 6.52. The fourth-order valence-corrected chi connectivity index (χ4v) is 4.41. The normalized spacial score (nSPS) is 19.6. The molecule has 3 heterocycles. The molecule has 1 aromatic carbocycles. The van der Waals surface area contributed by atoms with Gasteiger partial charge in [0.2, 0.25) is 12.7 Å². The van der Waals surface area contributed by atoms with Crippen molar-refractivity contribution < 1.29 is 24.1 Å². The van der Waals surface area contributed by atoms with Crippen molar-refractivity contribution in [3.05, 3.63) is 47.2 Å². The highest BCUT2D eigenvalue weighted by Crippen LogP contribution is 2.33. The Kier molecular flexibility index (Phi) is 8.54. The van der Waals surface area contributed by atoms with Crippen LogP contribution in [-0.2, 0) is 6.54 Å². The molecule has 0 fully saturated rings. The lowest BCUT2D eigenvalue weighted by Crippen LogP contribution is -2.49. The molecule has 0 saturated heterocycles. The molecule has 9 nitrogen and oxygen atoms in total. The largest absolute Gasteiger partial charge is 0.472 e. The third-order valence-corrected chi connectivity index (χ3v) is 6.53. The highest BCUT2D eigenvalue weighted by atomic mass is 16.7. The molecular formula is C28H36N4O5. The van der Waals surface area contributed by atoms with Crippen molar-refractivity contribution >= 4 is 5.91 Å². The first-order chi connectivity index (χ1) is 17.7. The van der Waals surface area contributed by atoms with Crippen molar-refractivity contribution in [1.29, 1.82) is 0 Å². The van der Waals surface area contributed by atoms with E-state index in [4.69, 9.17) is 14.2 Å². The molecule has 2 aromatic rings. The first-order valence-electron chi connectivity index (χ1n) is 12.5. The fraction of sp³-hybridized carbons (Fsp3) is 0.500. The van der Waals surface area contributed by atoms with E-state index in [1.165, 1.54) is 0 Å². The lowest BCUT2D eigenvalue weighted by Gasteiger charge is -2.37. The lowest BCUT2D eigenvalue weighted by atomic mass is 9.99. The summed E-state index contributed by atoms with van der Waals surface area (Å²) in [5.74, 6) is 7.78. The second-order valence-electron chi connectivity index (χ2n) is 10.1. The van der Waals surface area contributed by atoms with E-state index in [-0.39, 0.29) is 37.4 Å². The van der Waals surface area contributed by atoms with E-state index in [2.05, 4.69) is 28.6 Å². The molecule has 0 spiro atoms. The monoisotopic (exact) mass is 508 g/mol. The average molecular weight is 509 g/mol. The van der Waals surface area contributed by atoms with Gasteiger partial charge in [0.05, 0.1) is 19.2 Å². The van der Waals surface area contributed by atoms with Gasteiger partial charge in [0.25, 0.3) is 5.91 Å². The number of fused-ring (bicyclic) bond motifs is 2. The molecule has 3 atom stereocenters. The molecule has 198 valence electrons. The maximum absolute atomic E-state index is 13.5. The van der Waals surface area contributed by atoms with E-state index in [0.29, 0.717) is 43.2 Å². The number of hydrogen-bond donors (Lipinski definition) is 1. The van der Waals surface area contributed by atoms with Gasteiger partial charge in [-0.15, -0.1) is 0 Å². The number of carbonyl (C=O) groups is 1. The van der Waals surface area contributed by atoms with Crippen LogP contribution in [0.2, 0.25) is 0 Å². The Balaban J connectivity index is 1.57. The molecule has 0 bridgehead atoms. The van der Waals surface area contributed by atoms with Gasteiger partial charge >= 0.3 is 0 Å². The van der Waals surface area contributed by atoms with Crippen LogP contribution in [-0.4, -0.2) is 97.0 Å². The number of aliphatic hydroxyl groups is 1. The Morgan fingerprint density at radius 2 is 2.00 bits per heavy atom. The summed E-state index contributed by atoms with van der Waals surface area (Å²) in [7, 11) is 5.93. The van der Waals surface area contributed by atoms with Gasteiger partial charge in [-0.05, 0) is 51.8 Å². The van der Waals surface area contributed by atoms with E-state index in [0.717, 1.165) is 17.1 Å². The number of likely N-dealkylation sites (N-methyl/N-ethyl adjacent to an activating group) is 1. The van der Waals surface area contributed by atoms with Gasteiger partial charge in [0, 0.05) is 37.3 Å². The molecule has 0 unspecified atom stereocenters. The molecule has 0 saturated carbocycles. The molecule has 37 heavy (non-hydrogen) atoms. The second-order valence-corrected chi connectivity index (χ2v) is 10.1. The van der Waals surface area contributed by atoms with Crippen LogP contribution < -0.4 is 14.2 Å². The number of rotatable bonds is 7. The topological polar surface area (TPSA) is 87.6 Å². The van der Waals surface area contributed by atoms with Gasteiger partial charge in [-0.2, -0.15) is 0 Å². The highest BCUT2D eigenvalue weighted by Gasteiger charge is 2.34. The van der Waals surface area contributed by atoms with Crippen LogP contribution in [0.15, 0.2) is 30.5 Å². The quantitative estimate of drug-likeness (QED) is 0.569. The minimum absolute atomic E-state index is 0.00617. The second kappa shape index (κ2) is 11.8. The summed E-state index contributed by atoms with van der Waals surface area (Å²) in [4.78, 5) is 23.9. The summed E-state index contributed by atoms with van der Waals surface area (Å²) in [6.45, 7) is 6.41. The molecule has 1 N–H and O–H groups in total. The predicted octanol–water partition coefficient (Wildman–Crippen LogP) is 2.08. The zero-order valence-electron chi connectivity index (χ0n) is 22.2. The predicted molar refractivity (Wildman–Crippen MR) is 140 cm³/mol. The van der Waals surface area contributed by atoms with Crippen LogP contribution >= 0.6 is 0 Å². The number of carbonyl (C=O) groups excluding carboxylic acids is 1. The van der Waals surface area contributed by atoms with Crippen molar-refractivity contribution in [1.82, 2.24) is 19.7 Å². The van der Waals surface area contributed by atoms with Crippen LogP contribution in [0, 0.1) is 17.8 Å². The highest BCUT2D eigenvalue weighted by molar-refractivity contribution is 5.97. The fourth-order valence-electron chi connectivity index (χ4n) is 4.41. The Morgan fingerprint density at radius 1 is 1.22 bits per heavy atom. The Hall–Kier alpha value is -3.32. The van der Waals surface area contributed by atoms with Crippen molar-refractivity contribution in [2.75, 3.05) is 54.2 Å². The SMILES string of the molecule is C[C@H]1CN([C@@H](C)CO)C(=O)c2cc(C#CCN(C)C)cnc2O[C@H]1CN(C)Cc1ccc2c(c1)OCO2. The van der Waals surface area contributed by atoms with E-state index in [1.54, 1.807) is 17.2 Å². The third-order valence-electron chi connectivity index (χ3n) is 6.53. The number of amides is 1. The van der Waals surface area contributed by atoms with Gasteiger partial charge in [0.15, 0.2) is 11.5 Å². The summed E-state index contributed by atoms with van der Waals surface area (Å²) in [5, 5.41) is 9.87. The molecule has 1 aromatic heterocycles. The van der Waals surface area contributed by atoms with Crippen molar-refractivity contribution in [2.24, 2.45) is 5.92 Å². The van der Waals surface area contributed by atoms with E-state index < -0.39 is 0 Å². The minimum Gasteiger partial charge on any atom is -0.472 e. The maximum atomic E-state index is 13.5. The van der Waals surface area contributed by atoms with Crippen molar-refractivity contribution in [3.63, 3.8) is 0 Å². The smallest absolute Gasteiger partial charge is 0.259 e. The number of benzene rings is 1. The summed E-state index contributed by atoms with van der Waals surface area (Å²) in [6.07, 6.45) is 1.42.